The lowest BCUT2D eigenvalue weighted by Crippen LogP contribution is -2.49. The molecule has 0 aromatic heterocycles. The third-order valence-electron chi connectivity index (χ3n) is 6.49. The normalized spacial score (nSPS) is 28.7. The summed E-state index contributed by atoms with van der Waals surface area (Å²) in [6, 6.07) is 5.46. The Balaban J connectivity index is 1.32. The highest BCUT2D eigenvalue weighted by molar-refractivity contribution is 5.77. The topological polar surface area (TPSA) is 23.6 Å². The minimum absolute atomic E-state index is 0.228. The first kappa shape index (κ1) is 17.7. The summed E-state index contributed by atoms with van der Waals surface area (Å²) >= 11 is 0. The first-order valence-electron chi connectivity index (χ1n) is 9.60. The van der Waals surface area contributed by atoms with Crippen LogP contribution in [0.5, 0.6) is 0 Å². The van der Waals surface area contributed by atoms with Gasteiger partial charge in [0.15, 0.2) is 0 Å². The first-order valence-corrected chi connectivity index (χ1v) is 9.60. The molecule has 0 unspecified atom stereocenters. The average molecular weight is 366 g/mol. The quantitative estimate of drug-likeness (QED) is 0.801. The van der Waals surface area contributed by atoms with Crippen LogP contribution in [0.25, 0.3) is 0 Å². The van der Waals surface area contributed by atoms with Gasteiger partial charge in [0.2, 0.25) is 5.91 Å². The number of benzene rings is 1. The summed E-state index contributed by atoms with van der Waals surface area (Å²) < 4.78 is 38.7. The average Bonchev–Trinajstić information content (AvgIpc) is 3.24. The van der Waals surface area contributed by atoms with Crippen molar-refractivity contribution in [1.29, 1.82) is 0 Å². The fourth-order valence-electron chi connectivity index (χ4n) is 5.07. The molecular weight excluding hydrogens is 341 g/mol. The fourth-order valence-corrected chi connectivity index (χ4v) is 5.07. The lowest BCUT2D eigenvalue weighted by molar-refractivity contribution is -0.137. The molecule has 1 amide bonds. The van der Waals surface area contributed by atoms with Crippen LogP contribution in [0.15, 0.2) is 24.3 Å². The highest BCUT2D eigenvalue weighted by Gasteiger charge is 2.40. The van der Waals surface area contributed by atoms with E-state index in [1.165, 1.54) is 37.8 Å². The zero-order valence-corrected chi connectivity index (χ0v) is 14.8. The molecular formula is C20H25F3N2O. The summed E-state index contributed by atoms with van der Waals surface area (Å²) in [6.45, 7) is 2.36. The van der Waals surface area contributed by atoms with E-state index in [0.717, 1.165) is 17.9 Å². The Morgan fingerprint density at radius 2 is 1.85 bits per heavy atom. The van der Waals surface area contributed by atoms with Gasteiger partial charge in [0.1, 0.15) is 0 Å². The number of carbonyl (C=O) groups excluding carboxylic acids is 1. The lowest BCUT2D eigenvalue weighted by atomic mass is 9.86. The number of hydrogen-bond donors (Lipinski definition) is 0. The van der Waals surface area contributed by atoms with Gasteiger partial charge in [0, 0.05) is 38.3 Å². The number of alkyl halides is 3. The molecule has 2 aliphatic carbocycles. The molecule has 3 fully saturated rings. The highest BCUT2D eigenvalue weighted by Crippen LogP contribution is 2.49. The Morgan fingerprint density at radius 1 is 1.08 bits per heavy atom. The van der Waals surface area contributed by atoms with Gasteiger partial charge >= 0.3 is 6.18 Å². The van der Waals surface area contributed by atoms with Crippen molar-refractivity contribution < 1.29 is 18.0 Å². The van der Waals surface area contributed by atoms with Crippen LogP contribution in [-0.4, -0.2) is 37.0 Å². The second-order valence-corrected chi connectivity index (χ2v) is 8.05. The zero-order chi connectivity index (χ0) is 18.3. The van der Waals surface area contributed by atoms with Crippen LogP contribution in [-0.2, 0) is 11.0 Å². The Morgan fingerprint density at radius 3 is 2.46 bits per heavy atom. The van der Waals surface area contributed by atoms with E-state index in [2.05, 4.69) is 0 Å². The van der Waals surface area contributed by atoms with Gasteiger partial charge < -0.3 is 9.80 Å². The molecule has 0 radical (unpaired) electrons. The van der Waals surface area contributed by atoms with Gasteiger partial charge in [-0.15, -0.1) is 0 Å². The number of amides is 1. The highest BCUT2D eigenvalue weighted by atomic mass is 19.4. The minimum atomic E-state index is -4.32. The second-order valence-electron chi connectivity index (χ2n) is 8.05. The van der Waals surface area contributed by atoms with Crippen LogP contribution in [0.1, 0.15) is 37.7 Å². The molecule has 1 heterocycles. The number of halogens is 3. The van der Waals surface area contributed by atoms with E-state index in [1.807, 2.05) is 9.80 Å². The number of hydrogen-bond acceptors (Lipinski definition) is 2. The molecule has 3 nitrogen and oxygen atoms in total. The van der Waals surface area contributed by atoms with Gasteiger partial charge in [-0.05, 0) is 55.2 Å². The van der Waals surface area contributed by atoms with Crippen LogP contribution >= 0.6 is 0 Å². The number of anilines is 1. The van der Waals surface area contributed by atoms with Gasteiger partial charge in [-0.2, -0.15) is 13.2 Å². The predicted molar refractivity (Wildman–Crippen MR) is 93.8 cm³/mol. The first-order chi connectivity index (χ1) is 12.4. The van der Waals surface area contributed by atoms with Crippen molar-refractivity contribution in [1.82, 2.24) is 4.90 Å². The molecule has 3 atom stereocenters. The maximum atomic E-state index is 12.9. The van der Waals surface area contributed by atoms with E-state index >= 15 is 0 Å². The van der Waals surface area contributed by atoms with Crippen LogP contribution in [0.3, 0.4) is 0 Å². The van der Waals surface area contributed by atoms with Gasteiger partial charge in [-0.1, -0.05) is 12.5 Å². The standard InChI is InChI=1S/C20H25F3N2O/c21-20(22,23)17-2-1-3-18(13-17)24-6-8-25(9-7-24)19(26)12-16-11-14-4-5-15(16)10-14/h1-3,13-16H,4-12H2/t14-,15+,16+/m0/s1. The summed E-state index contributed by atoms with van der Waals surface area (Å²) in [5, 5.41) is 0. The van der Waals surface area contributed by atoms with Crippen LogP contribution < -0.4 is 4.90 Å². The molecule has 6 heteroatoms. The number of carbonyl (C=O) groups is 1. The Kier molecular flexibility index (Phi) is 4.61. The van der Waals surface area contributed by atoms with E-state index in [0.29, 0.717) is 44.2 Å². The predicted octanol–water partition coefficient (Wildman–Crippen LogP) is 4.18. The van der Waals surface area contributed by atoms with Crippen molar-refractivity contribution in [3.8, 4) is 0 Å². The minimum Gasteiger partial charge on any atom is -0.368 e. The van der Waals surface area contributed by atoms with Crippen molar-refractivity contribution in [3.05, 3.63) is 29.8 Å². The van der Waals surface area contributed by atoms with E-state index in [1.54, 1.807) is 6.07 Å². The third kappa shape index (κ3) is 3.55. The lowest BCUT2D eigenvalue weighted by Gasteiger charge is -2.37. The van der Waals surface area contributed by atoms with Crippen molar-refractivity contribution in [2.24, 2.45) is 17.8 Å². The molecule has 2 saturated carbocycles. The van der Waals surface area contributed by atoms with Crippen LogP contribution in [0, 0.1) is 17.8 Å². The third-order valence-corrected chi connectivity index (χ3v) is 6.49. The summed E-state index contributed by atoms with van der Waals surface area (Å²) in [5.74, 6) is 2.37. The smallest absolute Gasteiger partial charge is 0.368 e. The Bertz CT molecular complexity index is 667. The molecule has 2 bridgehead atoms. The number of nitrogens with zero attached hydrogens (tertiary/aromatic N) is 2. The summed E-state index contributed by atoms with van der Waals surface area (Å²) in [7, 11) is 0. The summed E-state index contributed by atoms with van der Waals surface area (Å²) in [4.78, 5) is 16.5. The molecule has 3 aliphatic rings. The van der Waals surface area contributed by atoms with Crippen molar-refractivity contribution in [2.45, 2.75) is 38.3 Å². The Hall–Kier alpha value is -1.72. The van der Waals surface area contributed by atoms with Gasteiger partial charge in [-0.25, -0.2) is 0 Å². The van der Waals surface area contributed by atoms with Crippen molar-refractivity contribution in [3.63, 3.8) is 0 Å². The monoisotopic (exact) mass is 366 g/mol. The largest absolute Gasteiger partial charge is 0.416 e. The second kappa shape index (κ2) is 6.78. The van der Waals surface area contributed by atoms with Crippen molar-refractivity contribution in [2.75, 3.05) is 31.1 Å². The maximum absolute atomic E-state index is 12.9. The van der Waals surface area contributed by atoms with E-state index in [9.17, 15) is 18.0 Å². The number of fused-ring (bicyclic) bond motifs is 2. The molecule has 26 heavy (non-hydrogen) atoms. The maximum Gasteiger partial charge on any atom is 0.416 e. The summed E-state index contributed by atoms with van der Waals surface area (Å²) in [6.07, 6.45) is 1.47. The van der Waals surface area contributed by atoms with E-state index in [-0.39, 0.29) is 5.91 Å². The molecule has 1 aromatic carbocycles. The van der Waals surface area contributed by atoms with Gasteiger partial charge in [0.05, 0.1) is 5.56 Å². The Labute approximate surface area is 152 Å². The SMILES string of the molecule is O=C(C[C@H]1C[C@H]2CC[C@@H]1C2)N1CCN(c2cccc(C(F)(F)F)c2)CC1. The molecule has 0 spiro atoms. The molecule has 1 aromatic rings. The molecule has 1 aliphatic heterocycles. The van der Waals surface area contributed by atoms with Gasteiger partial charge in [-0.3, -0.25) is 4.79 Å². The van der Waals surface area contributed by atoms with Crippen LogP contribution in [0.4, 0.5) is 18.9 Å². The molecule has 4 rings (SSSR count). The molecule has 1 saturated heterocycles. The van der Waals surface area contributed by atoms with Crippen LogP contribution in [0.2, 0.25) is 0 Å². The number of rotatable bonds is 3. The van der Waals surface area contributed by atoms with Gasteiger partial charge in [0.25, 0.3) is 0 Å². The number of piperazine rings is 1. The zero-order valence-electron chi connectivity index (χ0n) is 14.8. The van der Waals surface area contributed by atoms with E-state index < -0.39 is 11.7 Å². The summed E-state index contributed by atoms with van der Waals surface area (Å²) in [5.41, 5.74) is -0.0372. The molecule has 0 N–H and O–H groups in total. The van der Waals surface area contributed by atoms with E-state index in [4.69, 9.17) is 0 Å². The fraction of sp³-hybridized carbons (Fsp3) is 0.650. The molecule has 142 valence electrons. The van der Waals surface area contributed by atoms with Crippen molar-refractivity contribution >= 4 is 11.6 Å².